The summed E-state index contributed by atoms with van der Waals surface area (Å²) in [6.07, 6.45) is 39.0. The van der Waals surface area contributed by atoms with E-state index in [0.717, 1.165) is 0 Å². The number of halogens is 20. The first-order valence-electron chi connectivity index (χ1n) is 31.5. The van der Waals surface area contributed by atoms with Crippen LogP contribution in [-0.4, -0.2) is 19.2 Å². The summed E-state index contributed by atoms with van der Waals surface area (Å²) in [6.45, 7) is 9.39. The van der Waals surface area contributed by atoms with Crippen molar-refractivity contribution < 1.29 is 87.8 Å². The van der Waals surface area contributed by atoms with Crippen LogP contribution in [0.2, 0.25) is 0 Å². The smallest absolute Gasteiger partial charge is 0.200 e. The Morgan fingerprint density at radius 3 is 0.596 bits per heavy atom. The molecule has 1 nitrogen and oxygen atoms in total. The fraction of sp³-hybridized carbons (Fsp3) is 0.552. The molecule has 5 aromatic carbocycles. The third-order valence-corrected chi connectivity index (χ3v) is 16.7. The van der Waals surface area contributed by atoms with Gasteiger partial charge in [0.15, 0.2) is 69.8 Å². The monoisotopic (exact) mass is 1290 g/mol. The van der Waals surface area contributed by atoms with Gasteiger partial charge in [0.2, 0.25) is 0 Å². The maximum absolute atomic E-state index is 15.4. The summed E-state index contributed by atoms with van der Waals surface area (Å²) in [4.78, 5) is 2.71. The molecule has 0 amide bonds. The number of anilines is 1. The Balaban J connectivity index is 0.000000381. The number of para-hydroxylation sites is 1. The molecule has 5 aromatic rings. The SMILES string of the molecule is CCCCCCCCCCCCCCCCCCN(CCCCCCCCCCCCCCCCCC)c1ccccc1C.Fc1c(F)c(F)c([B-](c2c(F)c(F)c(F)c(F)c2F)(c2c(F)c(F)c(F)c(F)c2F)c2c(F)c(F)c(F)c(F)c2F)c(F)c1F. The quantitative estimate of drug-likeness (QED) is 0.0125. The van der Waals surface area contributed by atoms with Gasteiger partial charge in [-0.1, -0.05) is 225 Å². The van der Waals surface area contributed by atoms with Crippen molar-refractivity contribution in [3.63, 3.8) is 0 Å². The van der Waals surface area contributed by atoms with E-state index in [1.54, 1.807) is 0 Å². The average Bonchev–Trinajstić information content (AvgIpc) is 0.689. The maximum Gasteiger partial charge on any atom is 0.200 e. The van der Waals surface area contributed by atoms with Crippen LogP contribution in [0.15, 0.2) is 24.3 Å². The summed E-state index contributed by atoms with van der Waals surface area (Å²) < 4.78 is 294. The molecule has 22 heteroatoms. The Hall–Kier alpha value is -5.44. The Morgan fingerprint density at radius 2 is 0.404 bits per heavy atom. The van der Waals surface area contributed by atoms with E-state index in [1.807, 2.05) is 0 Å². The summed E-state index contributed by atoms with van der Waals surface area (Å²) in [5.41, 5.74) is -11.4. The summed E-state index contributed by atoms with van der Waals surface area (Å²) >= 11 is 0. The van der Waals surface area contributed by atoms with E-state index < -0.39 is 144 Å². The van der Waals surface area contributed by atoms with Crippen molar-refractivity contribution in [3.05, 3.63) is 146 Å². The van der Waals surface area contributed by atoms with Crippen molar-refractivity contribution in [1.82, 2.24) is 0 Å². The van der Waals surface area contributed by atoms with Crippen molar-refractivity contribution >= 4 is 33.7 Å². The Morgan fingerprint density at radius 1 is 0.236 bits per heavy atom. The van der Waals surface area contributed by atoms with E-state index in [0.29, 0.717) is 0 Å². The van der Waals surface area contributed by atoms with Gasteiger partial charge in [-0.05, 0) is 31.4 Å². The first kappa shape index (κ1) is 76.0. The molecule has 0 heterocycles. The normalized spacial score (nSPS) is 11.7. The Labute approximate surface area is 510 Å². The molecule has 0 fully saturated rings. The number of rotatable bonds is 39. The molecule has 89 heavy (non-hydrogen) atoms. The van der Waals surface area contributed by atoms with E-state index in [4.69, 9.17) is 0 Å². The molecule has 0 aliphatic rings. The highest BCUT2D eigenvalue weighted by atomic mass is 19.2. The van der Waals surface area contributed by atoms with Crippen molar-refractivity contribution in [1.29, 1.82) is 0 Å². The molecule has 0 radical (unpaired) electrons. The molecule has 0 saturated carbocycles. The van der Waals surface area contributed by atoms with E-state index in [1.165, 1.54) is 230 Å². The topological polar surface area (TPSA) is 3.24 Å². The molecular weight excluding hydrogens is 1210 g/mol. The number of hydrogen-bond donors (Lipinski definition) is 0. The summed E-state index contributed by atoms with van der Waals surface area (Å²) in [5.74, 6) is -71.4. The Kier molecular flexibility index (Phi) is 32.8. The molecule has 0 unspecified atom stereocenters. The van der Waals surface area contributed by atoms with Crippen LogP contribution in [0.5, 0.6) is 0 Å². The van der Waals surface area contributed by atoms with Crippen molar-refractivity contribution in [2.45, 2.75) is 226 Å². The van der Waals surface area contributed by atoms with Crippen LogP contribution < -0.4 is 26.8 Å². The Bertz CT molecular complexity index is 2590. The van der Waals surface area contributed by atoms with Crippen LogP contribution >= 0.6 is 0 Å². The van der Waals surface area contributed by atoms with Crippen molar-refractivity contribution in [2.75, 3.05) is 18.0 Å². The second-order valence-corrected chi connectivity index (χ2v) is 23.2. The van der Waals surface area contributed by atoms with Crippen LogP contribution in [0.3, 0.4) is 0 Å². The average molecular weight is 1290 g/mol. The van der Waals surface area contributed by atoms with E-state index >= 15 is 35.1 Å². The highest BCUT2D eigenvalue weighted by Gasteiger charge is 2.52. The largest absolute Gasteiger partial charge is 0.371 e. The summed E-state index contributed by atoms with van der Waals surface area (Å²) in [7, 11) is 0. The van der Waals surface area contributed by atoms with Gasteiger partial charge in [-0.2, -0.15) is 0 Å². The van der Waals surface area contributed by atoms with E-state index in [9.17, 15) is 52.7 Å². The van der Waals surface area contributed by atoms with Gasteiger partial charge in [-0.3, -0.25) is 0 Å². The van der Waals surface area contributed by atoms with Gasteiger partial charge in [-0.15, -0.1) is 21.9 Å². The third kappa shape index (κ3) is 19.6. The molecule has 0 saturated heterocycles. The third-order valence-electron chi connectivity index (χ3n) is 16.7. The maximum atomic E-state index is 15.4. The van der Waals surface area contributed by atoms with Gasteiger partial charge in [0.25, 0.3) is 0 Å². The zero-order chi connectivity index (χ0) is 66.0. The zero-order valence-corrected chi connectivity index (χ0v) is 50.9. The van der Waals surface area contributed by atoms with Crippen molar-refractivity contribution in [3.8, 4) is 0 Å². The van der Waals surface area contributed by atoms with Crippen LogP contribution in [0.25, 0.3) is 0 Å². The first-order chi connectivity index (χ1) is 42.5. The molecule has 0 aliphatic carbocycles. The number of hydrogen-bond acceptors (Lipinski definition) is 1. The minimum absolute atomic E-state index is 1.24. The fourth-order valence-corrected chi connectivity index (χ4v) is 11.8. The van der Waals surface area contributed by atoms with Gasteiger partial charge in [-0.25, -0.2) is 87.8 Å². The molecule has 0 bridgehead atoms. The highest BCUT2D eigenvalue weighted by Crippen LogP contribution is 2.32. The van der Waals surface area contributed by atoms with Gasteiger partial charge in [0.05, 0.1) is 0 Å². The van der Waals surface area contributed by atoms with Crippen LogP contribution in [0.1, 0.15) is 225 Å². The predicted octanol–water partition coefficient (Wildman–Crippen LogP) is 21.2. The van der Waals surface area contributed by atoms with Crippen LogP contribution in [0, 0.1) is 123 Å². The number of aryl methyl sites for hydroxylation is 1. The van der Waals surface area contributed by atoms with E-state index in [2.05, 4.69) is 49.9 Å². The zero-order valence-electron chi connectivity index (χ0n) is 50.9. The van der Waals surface area contributed by atoms with Crippen LogP contribution in [-0.2, 0) is 0 Å². The predicted molar refractivity (Wildman–Crippen MR) is 312 cm³/mol. The minimum atomic E-state index is -7.22. The highest BCUT2D eigenvalue weighted by molar-refractivity contribution is 7.20. The molecule has 5 rings (SSSR count). The molecule has 498 valence electrons. The molecule has 0 atom stereocenters. The number of benzene rings is 5. The molecule has 0 spiro atoms. The van der Waals surface area contributed by atoms with Gasteiger partial charge in [0, 0.05) is 18.8 Å². The lowest BCUT2D eigenvalue weighted by Gasteiger charge is -2.44. The standard InChI is InChI=1S/C43H81N.C24BF20/c1-4-6-8-10-12-14-16-18-20-22-24-26-28-30-32-36-40-44(43-39-35-34-38-42(43)3)41-37-33-31-29-27-25-23-21-19-17-15-13-11-9-7-5-2;26-5-1(6(27)14(35)21(42)13(5)34)25(2-7(28)15(36)22(43)16(37)8(2)29,3-9(30)17(38)23(44)18(39)10(3)31)4-11(32)19(40)24(45)20(41)12(4)33/h34-35,38-39H,4-33,36-37,40-41H2,1-3H3;/q;-1. The molecule has 0 N–H and O–H groups in total. The van der Waals surface area contributed by atoms with Crippen LogP contribution in [0.4, 0.5) is 93.5 Å². The number of unbranched alkanes of at least 4 members (excludes halogenated alkanes) is 30. The summed E-state index contributed by atoms with van der Waals surface area (Å²) in [5, 5.41) is 0. The second kappa shape index (κ2) is 38.4. The van der Waals surface area contributed by atoms with Gasteiger partial charge in [0.1, 0.15) is 52.7 Å². The molecule has 0 aromatic heterocycles. The van der Waals surface area contributed by atoms with Gasteiger partial charge >= 0.3 is 0 Å². The number of nitrogens with zero attached hydrogens (tertiary/aromatic N) is 1. The first-order valence-corrected chi connectivity index (χ1v) is 31.5. The van der Waals surface area contributed by atoms with E-state index in [-0.39, 0.29) is 0 Å². The lowest BCUT2D eigenvalue weighted by molar-refractivity contribution is 0.378. The minimum Gasteiger partial charge on any atom is -0.371 e. The summed E-state index contributed by atoms with van der Waals surface area (Å²) in [6, 6.07) is 9.08. The lowest BCUT2D eigenvalue weighted by Crippen LogP contribution is -2.81. The molecule has 0 aliphatic heterocycles. The lowest BCUT2D eigenvalue weighted by atomic mass is 9.12. The fourth-order valence-electron chi connectivity index (χ4n) is 11.8. The van der Waals surface area contributed by atoms with Crippen molar-refractivity contribution in [2.24, 2.45) is 0 Å². The second-order valence-electron chi connectivity index (χ2n) is 23.2. The molecular formula is C67H81BF20N-. The van der Waals surface area contributed by atoms with Gasteiger partial charge < -0.3 is 4.90 Å².